The number of unbranched alkanes of at least 4 members (excludes halogenated alkanes) is 2. The monoisotopic (exact) mass is 471 g/mol. The predicted molar refractivity (Wildman–Crippen MR) is 106 cm³/mol. The Morgan fingerprint density at radius 1 is 0.741 bits per heavy atom. The molecule has 0 aromatic heterocycles. The summed E-state index contributed by atoms with van der Waals surface area (Å²) in [5, 5.41) is 5.40. The van der Waals surface area contributed by atoms with Gasteiger partial charge >= 0.3 is 26.2 Å². The molecule has 0 fully saturated rings. The first-order valence-corrected chi connectivity index (χ1v) is 9.03. The fraction of sp³-hybridized carbons (Fsp3) is 0.208. The summed E-state index contributed by atoms with van der Waals surface area (Å²) in [6, 6.07) is 26.8. The maximum atomic E-state index is 2.40. The van der Waals surface area contributed by atoms with Crippen molar-refractivity contribution in [3.05, 3.63) is 78.4 Å². The number of halogens is 2. The Balaban J connectivity index is 0.00000121. The van der Waals surface area contributed by atoms with Gasteiger partial charge in [-0.15, -0.1) is 34.5 Å². The molecule has 27 heavy (non-hydrogen) atoms. The van der Waals surface area contributed by atoms with Gasteiger partial charge in [0, 0.05) is 0 Å². The molecule has 0 aliphatic rings. The molecule has 0 N–H and O–H groups in total. The first kappa shape index (κ1) is 24.0. The summed E-state index contributed by atoms with van der Waals surface area (Å²) in [6.45, 7) is 2.26. The van der Waals surface area contributed by atoms with Crippen molar-refractivity contribution in [2.24, 2.45) is 0 Å². The summed E-state index contributed by atoms with van der Waals surface area (Å²) in [5.74, 6) is 0. The van der Waals surface area contributed by atoms with Crippen LogP contribution >= 0.6 is 0 Å². The van der Waals surface area contributed by atoms with Gasteiger partial charge in [0.25, 0.3) is 0 Å². The van der Waals surface area contributed by atoms with Gasteiger partial charge in [-0.05, 0) is 22.8 Å². The third-order valence-electron chi connectivity index (χ3n) is 4.96. The summed E-state index contributed by atoms with van der Waals surface area (Å²) < 4.78 is 0. The van der Waals surface area contributed by atoms with E-state index in [4.69, 9.17) is 0 Å². The van der Waals surface area contributed by atoms with Crippen molar-refractivity contribution in [3.63, 3.8) is 0 Å². The van der Waals surface area contributed by atoms with E-state index in [1.54, 1.807) is 0 Å². The van der Waals surface area contributed by atoms with E-state index < -0.39 is 0 Å². The Hall–Kier alpha value is -1.01. The number of fused-ring (bicyclic) bond motifs is 2. The summed E-state index contributed by atoms with van der Waals surface area (Å²) in [4.78, 5) is 0. The van der Waals surface area contributed by atoms with Gasteiger partial charge in [0.15, 0.2) is 0 Å². The molecule has 0 unspecified atom stereocenters. The van der Waals surface area contributed by atoms with E-state index in [2.05, 4.69) is 79.7 Å². The zero-order chi connectivity index (χ0) is 16.4. The molecular formula is C24H23Cl2Zr. The maximum Gasteiger partial charge on any atom is 3.00 e. The average molecular weight is 474 g/mol. The Morgan fingerprint density at radius 3 is 2.19 bits per heavy atom. The van der Waals surface area contributed by atoms with E-state index in [-0.39, 0.29) is 51.0 Å². The predicted octanol–water partition coefficient (Wildman–Crippen LogP) is 1.12. The van der Waals surface area contributed by atoms with Gasteiger partial charge in [0.05, 0.1) is 0 Å². The molecule has 0 atom stereocenters. The SMILES string of the molecule is CCCCCc1cc2c(-c3cccc4ccccc34)cccc2[cH-]1.[Cl-].[Cl-].[Zr+3]. The molecular weight excluding hydrogens is 450 g/mol. The van der Waals surface area contributed by atoms with Crippen LogP contribution in [0.4, 0.5) is 0 Å². The summed E-state index contributed by atoms with van der Waals surface area (Å²) >= 11 is 0. The van der Waals surface area contributed by atoms with E-state index in [0.29, 0.717) is 0 Å². The van der Waals surface area contributed by atoms with Crippen LogP contribution in [0.2, 0.25) is 0 Å². The Bertz CT molecular complexity index is 983. The number of hydrogen-bond donors (Lipinski definition) is 0. The van der Waals surface area contributed by atoms with Gasteiger partial charge in [0.2, 0.25) is 0 Å². The van der Waals surface area contributed by atoms with Crippen LogP contribution in [0.3, 0.4) is 0 Å². The Morgan fingerprint density at radius 2 is 1.41 bits per heavy atom. The number of aryl methyl sites for hydroxylation is 1. The van der Waals surface area contributed by atoms with Crippen LogP contribution in [0.15, 0.2) is 72.8 Å². The van der Waals surface area contributed by atoms with Gasteiger partial charge in [0.1, 0.15) is 0 Å². The molecule has 3 heteroatoms. The molecule has 0 aliphatic heterocycles. The molecule has 4 aromatic carbocycles. The van der Waals surface area contributed by atoms with Crippen molar-refractivity contribution in [2.75, 3.05) is 0 Å². The van der Waals surface area contributed by atoms with E-state index in [9.17, 15) is 0 Å². The second-order valence-corrected chi connectivity index (χ2v) is 6.66. The van der Waals surface area contributed by atoms with Gasteiger partial charge in [-0.1, -0.05) is 80.3 Å². The minimum atomic E-state index is 0. The number of hydrogen-bond acceptors (Lipinski definition) is 0. The van der Waals surface area contributed by atoms with Crippen LogP contribution < -0.4 is 24.8 Å². The van der Waals surface area contributed by atoms with E-state index >= 15 is 0 Å². The molecule has 4 aromatic rings. The second kappa shape index (κ2) is 11.1. The summed E-state index contributed by atoms with van der Waals surface area (Å²) in [6.07, 6.45) is 5.08. The molecule has 137 valence electrons. The van der Waals surface area contributed by atoms with Crippen molar-refractivity contribution >= 4 is 21.5 Å². The van der Waals surface area contributed by atoms with Crippen LogP contribution in [0.25, 0.3) is 32.7 Å². The van der Waals surface area contributed by atoms with Crippen LogP contribution in [-0.2, 0) is 32.6 Å². The summed E-state index contributed by atoms with van der Waals surface area (Å²) in [7, 11) is 0. The topological polar surface area (TPSA) is 0 Å². The molecule has 0 amide bonds. The largest absolute Gasteiger partial charge is 3.00 e. The minimum absolute atomic E-state index is 0. The molecule has 0 saturated heterocycles. The normalized spacial score (nSPS) is 10.1. The molecule has 0 saturated carbocycles. The third kappa shape index (κ3) is 5.08. The van der Waals surface area contributed by atoms with E-state index in [1.165, 1.54) is 63.9 Å². The molecule has 0 spiro atoms. The Labute approximate surface area is 193 Å². The van der Waals surface area contributed by atoms with Gasteiger partial charge in [-0.2, -0.15) is 6.07 Å². The quantitative estimate of drug-likeness (QED) is 0.301. The van der Waals surface area contributed by atoms with Crippen molar-refractivity contribution in [2.45, 2.75) is 32.6 Å². The standard InChI is InChI=1S/C24H23.2ClH.Zr/c1-2-3-4-9-18-16-20-12-8-15-23(24(20)17-18)22-14-7-11-19-10-5-6-13-21(19)22;;;/h5-8,10-17H,2-4,9H2,1H3;2*1H;/q-1;;;+3/p-2. The number of rotatable bonds is 5. The van der Waals surface area contributed by atoms with Gasteiger partial charge in [-0.3, -0.25) is 0 Å². The third-order valence-corrected chi connectivity index (χ3v) is 4.96. The van der Waals surface area contributed by atoms with Crippen LogP contribution in [-0.4, -0.2) is 0 Å². The van der Waals surface area contributed by atoms with E-state index in [0.717, 1.165) is 0 Å². The fourth-order valence-electron chi connectivity index (χ4n) is 3.72. The zero-order valence-electron chi connectivity index (χ0n) is 15.5. The summed E-state index contributed by atoms with van der Waals surface area (Å²) in [5.41, 5.74) is 4.17. The second-order valence-electron chi connectivity index (χ2n) is 6.66. The average Bonchev–Trinajstić information content (AvgIpc) is 3.04. The fourth-order valence-corrected chi connectivity index (χ4v) is 3.72. The molecule has 0 bridgehead atoms. The van der Waals surface area contributed by atoms with Crippen LogP contribution in [0.1, 0.15) is 31.7 Å². The van der Waals surface area contributed by atoms with Crippen molar-refractivity contribution in [1.29, 1.82) is 0 Å². The van der Waals surface area contributed by atoms with Crippen molar-refractivity contribution in [3.8, 4) is 11.1 Å². The molecule has 0 heterocycles. The smallest absolute Gasteiger partial charge is 1.00 e. The van der Waals surface area contributed by atoms with Crippen LogP contribution in [0.5, 0.6) is 0 Å². The van der Waals surface area contributed by atoms with E-state index in [1.807, 2.05) is 0 Å². The molecule has 1 radical (unpaired) electrons. The van der Waals surface area contributed by atoms with Gasteiger partial charge < -0.3 is 24.8 Å². The number of benzene rings is 3. The van der Waals surface area contributed by atoms with Crippen LogP contribution in [0, 0.1) is 0 Å². The first-order valence-electron chi connectivity index (χ1n) is 9.03. The minimum Gasteiger partial charge on any atom is -1.00 e. The van der Waals surface area contributed by atoms with Crippen molar-refractivity contribution in [1.82, 2.24) is 0 Å². The maximum absolute atomic E-state index is 2.40. The zero-order valence-corrected chi connectivity index (χ0v) is 19.5. The van der Waals surface area contributed by atoms with Crippen molar-refractivity contribution < 1.29 is 51.0 Å². The first-order chi connectivity index (χ1) is 11.9. The molecule has 4 rings (SSSR count). The molecule has 0 aliphatic carbocycles. The Kier molecular flexibility index (Phi) is 9.88. The van der Waals surface area contributed by atoms with Gasteiger partial charge in [-0.25, -0.2) is 0 Å². The molecule has 0 nitrogen and oxygen atoms in total.